The fourth-order valence-corrected chi connectivity index (χ4v) is 3.56. The Morgan fingerprint density at radius 3 is 3.00 bits per heavy atom. The van der Waals surface area contributed by atoms with Gasteiger partial charge in [0.15, 0.2) is 0 Å². The summed E-state index contributed by atoms with van der Waals surface area (Å²) in [5, 5.41) is 12.6. The van der Waals surface area contributed by atoms with Gasteiger partial charge in [0.1, 0.15) is 0 Å². The SMILES string of the molecule is N#CCc1ccc2c(I)csc2c1Cl. The third-order valence-corrected chi connectivity index (χ3v) is 4.86. The van der Waals surface area contributed by atoms with Crippen molar-refractivity contribution in [3.63, 3.8) is 0 Å². The van der Waals surface area contributed by atoms with Crippen LogP contribution in [-0.4, -0.2) is 0 Å². The Morgan fingerprint density at radius 2 is 2.29 bits per heavy atom. The van der Waals surface area contributed by atoms with Gasteiger partial charge in [-0.25, -0.2) is 0 Å². The minimum atomic E-state index is 0.378. The van der Waals surface area contributed by atoms with Crippen LogP contribution in [0.25, 0.3) is 10.1 Å². The third-order valence-electron chi connectivity index (χ3n) is 1.98. The van der Waals surface area contributed by atoms with Crippen LogP contribution < -0.4 is 0 Å². The summed E-state index contributed by atoms with van der Waals surface area (Å²) in [4.78, 5) is 0. The lowest BCUT2D eigenvalue weighted by molar-refractivity contribution is 1.27. The molecule has 1 heterocycles. The number of thiophene rings is 1. The van der Waals surface area contributed by atoms with Crippen LogP contribution in [0.2, 0.25) is 5.02 Å². The first-order valence-corrected chi connectivity index (χ1v) is 6.28. The van der Waals surface area contributed by atoms with E-state index < -0.39 is 0 Å². The minimum Gasteiger partial charge on any atom is -0.198 e. The van der Waals surface area contributed by atoms with Gasteiger partial charge >= 0.3 is 0 Å². The van der Waals surface area contributed by atoms with Crippen molar-refractivity contribution in [2.75, 3.05) is 0 Å². The van der Waals surface area contributed by atoms with E-state index >= 15 is 0 Å². The van der Waals surface area contributed by atoms with Crippen molar-refractivity contribution in [2.45, 2.75) is 6.42 Å². The second-order valence-electron chi connectivity index (χ2n) is 2.83. The molecule has 1 aromatic heterocycles. The summed E-state index contributed by atoms with van der Waals surface area (Å²) in [6.07, 6.45) is 0.378. The lowest BCUT2D eigenvalue weighted by Crippen LogP contribution is -1.83. The third kappa shape index (κ3) is 1.62. The second kappa shape index (κ2) is 4.05. The fraction of sp³-hybridized carbons (Fsp3) is 0.100. The van der Waals surface area contributed by atoms with Crippen molar-refractivity contribution in [1.29, 1.82) is 5.26 Å². The minimum absolute atomic E-state index is 0.378. The molecule has 0 atom stereocenters. The number of benzene rings is 1. The largest absolute Gasteiger partial charge is 0.198 e. The van der Waals surface area contributed by atoms with Gasteiger partial charge in [-0.2, -0.15) is 5.26 Å². The molecule has 1 aromatic carbocycles. The number of fused-ring (bicyclic) bond motifs is 1. The van der Waals surface area contributed by atoms with Crippen molar-refractivity contribution in [3.05, 3.63) is 31.7 Å². The Hall–Kier alpha value is -0.310. The maximum atomic E-state index is 8.61. The maximum Gasteiger partial charge on any atom is 0.0670 e. The van der Waals surface area contributed by atoms with E-state index in [-0.39, 0.29) is 0 Å². The van der Waals surface area contributed by atoms with Crippen LogP contribution in [0.1, 0.15) is 5.56 Å². The van der Waals surface area contributed by atoms with Gasteiger partial charge in [0.2, 0.25) is 0 Å². The molecule has 0 saturated heterocycles. The lowest BCUT2D eigenvalue weighted by Gasteiger charge is -2.00. The summed E-state index contributed by atoms with van der Waals surface area (Å²) >= 11 is 10.1. The molecule has 2 aromatic rings. The van der Waals surface area contributed by atoms with Gasteiger partial charge in [0, 0.05) is 14.3 Å². The highest BCUT2D eigenvalue weighted by Crippen LogP contribution is 2.35. The van der Waals surface area contributed by atoms with Crippen LogP contribution in [-0.2, 0) is 6.42 Å². The molecule has 0 unspecified atom stereocenters. The summed E-state index contributed by atoms with van der Waals surface area (Å²) in [5.74, 6) is 0. The van der Waals surface area contributed by atoms with Gasteiger partial charge in [-0.05, 0) is 28.2 Å². The van der Waals surface area contributed by atoms with Gasteiger partial charge in [-0.3, -0.25) is 0 Å². The summed E-state index contributed by atoms with van der Waals surface area (Å²) in [7, 11) is 0. The van der Waals surface area contributed by atoms with E-state index in [1.165, 1.54) is 8.96 Å². The molecule has 0 bridgehead atoms. The average molecular weight is 334 g/mol. The van der Waals surface area contributed by atoms with Crippen molar-refractivity contribution < 1.29 is 0 Å². The zero-order valence-electron chi connectivity index (χ0n) is 7.05. The first-order chi connectivity index (χ1) is 6.74. The molecule has 1 nitrogen and oxygen atoms in total. The summed E-state index contributed by atoms with van der Waals surface area (Å²) < 4.78 is 2.30. The first-order valence-electron chi connectivity index (χ1n) is 3.95. The smallest absolute Gasteiger partial charge is 0.0670 e. The number of rotatable bonds is 1. The molecule has 0 fully saturated rings. The Labute approximate surface area is 104 Å². The second-order valence-corrected chi connectivity index (χ2v) is 5.25. The van der Waals surface area contributed by atoms with Crippen LogP contribution in [0.5, 0.6) is 0 Å². The summed E-state index contributed by atoms with van der Waals surface area (Å²) in [6, 6.07) is 6.08. The average Bonchev–Trinajstić information content (AvgIpc) is 2.54. The quantitative estimate of drug-likeness (QED) is 0.717. The molecule has 0 saturated carbocycles. The highest BCUT2D eigenvalue weighted by molar-refractivity contribution is 14.1. The van der Waals surface area contributed by atoms with Gasteiger partial charge < -0.3 is 0 Å². The molecule has 0 N–H and O–H groups in total. The van der Waals surface area contributed by atoms with E-state index in [2.05, 4.69) is 34.0 Å². The van der Waals surface area contributed by atoms with E-state index in [1.54, 1.807) is 11.3 Å². The van der Waals surface area contributed by atoms with Crippen molar-refractivity contribution >= 4 is 55.6 Å². The molecule has 0 radical (unpaired) electrons. The Kier molecular flexibility index (Phi) is 2.96. The monoisotopic (exact) mass is 333 g/mol. The highest BCUT2D eigenvalue weighted by Gasteiger charge is 2.08. The molecule has 70 valence electrons. The predicted octanol–water partition coefficient (Wildman–Crippen LogP) is 4.23. The normalized spacial score (nSPS) is 10.4. The van der Waals surface area contributed by atoms with Crippen LogP contribution in [0.15, 0.2) is 17.5 Å². The predicted molar refractivity (Wildman–Crippen MR) is 68.9 cm³/mol. The van der Waals surface area contributed by atoms with E-state index in [1.807, 2.05) is 12.1 Å². The van der Waals surface area contributed by atoms with Gasteiger partial charge in [0.05, 0.1) is 22.2 Å². The zero-order valence-corrected chi connectivity index (χ0v) is 10.8. The molecule has 14 heavy (non-hydrogen) atoms. The molecule has 0 aliphatic carbocycles. The van der Waals surface area contributed by atoms with Crippen LogP contribution in [0.3, 0.4) is 0 Å². The van der Waals surface area contributed by atoms with Crippen molar-refractivity contribution in [2.24, 2.45) is 0 Å². The van der Waals surface area contributed by atoms with E-state index in [4.69, 9.17) is 16.9 Å². The van der Waals surface area contributed by atoms with E-state index in [0.29, 0.717) is 6.42 Å². The van der Waals surface area contributed by atoms with Gasteiger partial charge in [-0.15, -0.1) is 11.3 Å². The number of nitrogens with zero attached hydrogens (tertiary/aromatic N) is 1. The number of hydrogen-bond donors (Lipinski definition) is 0. The van der Waals surface area contributed by atoms with Crippen molar-refractivity contribution in [1.82, 2.24) is 0 Å². The Balaban J connectivity index is 2.71. The molecule has 0 aliphatic heterocycles. The van der Waals surface area contributed by atoms with Crippen LogP contribution in [0, 0.1) is 14.9 Å². The topological polar surface area (TPSA) is 23.8 Å². The molecule has 0 amide bonds. The van der Waals surface area contributed by atoms with E-state index in [0.717, 1.165) is 15.3 Å². The van der Waals surface area contributed by atoms with E-state index in [9.17, 15) is 0 Å². The summed E-state index contributed by atoms with van der Waals surface area (Å²) in [6.45, 7) is 0. The Bertz CT molecular complexity index is 527. The van der Waals surface area contributed by atoms with Gasteiger partial charge in [-0.1, -0.05) is 23.7 Å². The molecular weight excluding hydrogens is 329 g/mol. The molecular formula is C10H5ClINS. The molecule has 0 aliphatic rings. The number of nitriles is 1. The zero-order chi connectivity index (χ0) is 10.1. The van der Waals surface area contributed by atoms with Gasteiger partial charge in [0.25, 0.3) is 0 Å². The maximum absolute atomic E-state index is 8.61. The van der Waals surface area contributed by atoms with Crippen molar-refractivity contribution in [3.8, 4) is 6.07 Å². The fourth-order valence-electron chi connectivity index (χ4n) is 1.30. The number of halogens is 2. The summed E-state index contributed by atoms with van der Waals surface area (Å²) in [5.41, 5.74) is 0.917. The molecule has 2 rings (SSSR count). The highest BCUT2D eigenvalue weighted by atomic mass is 127. The lowest BCUT2D eigenvalue weighted by atomic mass is 10.1. The standard InChI is InChI=1S/C10H5ClINS/c11-9-6(3-4-13)1-2-7-8(12)5-14-10(7)9/h1-2,5H,3H2. The Morgan fingerprint density at radius 1 is 1.50 bits per heavy atom. The molecule has 4 heteroatoms. The first kappa shape index (κ1) is 10.2. The molecule has 0 spiro atoms. The van der Waals surface area contributed by atoms with Crippen LogP contribution >= 0.6 is 45.5 Å². The van der Waals surface area contributed by atoms with Crippen LogP contribution in [0.4, 0.5) is 0 Å². The number of hydrogen-bond acceptors (Lipinski definition) is 2.